The number of carbonyl (C=O) groups is 3. The standard InChI is InChI=1S/C17H19FN6O3S/c1-3-23-12(21-22-16(23)28)8-19-13(25)9-24-14(26)17(2,20-15(24)27)10-4-6-11(18)7-5-10/h4-7H,3,8-9H2,1-2H3,(H,19,25)(H,20,27)(H,22,28). The van der Waals surface area contributed by atoms with Crippen LogP contribution >= 0.6 is 12.2 Å². The van der Waals surface area contributed by atoms with Gasteiger partial charge in [-0.3, -0.25) is 19.6 Å². The zero-order valence-corrected chi connectivity index (χ0v) is 16.1. The lowest BCUT2D eigenvalue weighted by Crippen LogP contribution is -2.43. The Labute approximate surface area is 164 Å². The van der Waals surface area contributed by atoms with Crippen LogP contribution < -0.4 is 10.6 Å². The second-order valence-electron chi connectivity index (χ2n) is 6.42. The zero-order chi connectivity index (χ0) is 20.5. The van der Waals surface area contributed by atoms with Gasteiger partial charge in [-0.1, -0.05) is 12.1 Å². The average Bonchev–Trinajstić information content (AvgIpc) is 3.12. The van der Waals surface area contributed by atoms with Gasteiger partial charge < -0.3 is 15.2 Å². The zero-order valence-electron chi connectivity index (χ0n) is 15.3. The maximum atomic E-state index is 13.2. The van der Waals surface area contributed by atoms with E-state index in [4.69, 9.17) is 12.2 Å². The van der Waals surface area contributed by atoms with E-state index in [2.05, 4.69) is 20.8 Å². The first-order valence-corrected chi connectivity index (χ1v) is 8.98. The number of rotatable bonds is 6. The van der Waals surface area contributed by atoms with Crippen molar-refractivity contribution < 1.29 is 18.8 Å². The third-order valence-corrected chi connectivity index (χ3v) is 4.91. The summed E-state index contributed by atoms with van der Waals surface area (Å²) >= 11 is 5.08. The molecule has 1 aliphatic heterocycles. The van der Waals surface area contributed by atoms with Gasteiger partial charge in [-0.25, -0.2) is 9.18 Å². The molecule has 1 fully saturated rings. The SMILES string of the molecule is CCn1c(CNC(=O)CN2C(=O)NC(C)(c3ccc(F)cc3)C2=O)n[nH]c1=S. The van der Waals surface area contributed by atoms with Crippen molar-refractivity contribution in [3.05, 3.63) is 46.2 Å². The van der Waals surface area contributed by atoms with E-state index in [1.54, 1.807) is 4.57 Å². The molecular formula is C17H19FN6O3S. The number of carbonyl (C=O) groups excluding carboxylic acids is 3. The number of benzene rings is 1. The van der Waals surface area contributed by atoms with E-state index >= 15 is 0 Å². The van der Waals surface area contributed by atoms with Crippen LogP contribution in [0.1, 0.15) is 25.2 Å². The van der Waals surface area contributed by atoms with Crippen LogP contribution in [0.3, 0.4) is 0 Å². The Morgan fingerprint density at radius 2 is 2.00 bits per heavy atom. The summed E-state index contributed by atoms with van der Waals surface area (Å²) in [6.45, 7) is 3.64. The monoisotopic (exact) mass is 406 g/mol. The molecule has 1 aliphatic rings. The fraction of sp³-hybridized carbons (Fsp3) is 0.353. The number of nitrogens with zero attached hydrogens (tertiary/aromatic N) is 3. The van der Waals surface area contributed by atoms with E-state index < -0.39 is 35.7 Å². The van der Waals surface area contributed by atoms with E-state index in [9.17, 15) is 18.8 Å². The number of urea groups is 1. The van der Waals surface area contributed by atoms with Crippen LogP contribution in [0.15, 0.2) is 24.3 Å². The quantitative estimate of drug-likeness (QED) is 0.493. The lowest BCUT2D eigenvalue weighted by Gasteiger charge is -2.22. The van der Waals surface area contributed by atoms with Crippen molar-refractivity contribution in [2.24, 2.45) is 0 Å². The molecule has 3 N–H and O–H groups in total. The summed E-state index contributed by atoms with van der Waals surface area (Å²) in [6.07, 6.45) is 0. The second kappa shape index (κ2) is 7.50. The van der Waals surface area contributed by atoms with Gasteiger partial charge in [0.2, 0.25) is 5.91 Å². The van der Waals surface area contributed by atoms with Crippen molar-refractivity contribution >= 4 is 30.1 Å². The number of aromatic nitrogens is 3. The fourth-order valence-electron chi connectivity index (χ4n) is 3.01. The summed E-state index contributed by atoms with van der Waals surface area (Å²) in [4.78, 5) is 38.1. The van der Waals surface area contributed by atoms with Gasteiger partial charge in [0.25, 0.3) is 5.91 Å². The van der Waals surface area contributed by atoms with Crippen molar-refractivity contribution in [1.29, 1.82) is 0 Å². The predicted molar refractivity (Wildman–Crippen MR) is 98.9 cm³/mol. The van der Waals surface area contributed by atoms with Gasteiger partial charge in [-0.2, -0.15) is 5.10 Å². The molecule has 2 aromatic rings. The Balaban J connectivity index is 1.67. The molecule has 1 saturated heterocycles. The number of amides is 4. The highest BCUT2D eigenvalue weighted by atomic mass is 32.1. The van der Waals surface area contributed by atoms with Crippen LogP contribution in [-0.4, -0.2) is 44.1 Å². The summed E-state index contributed by atoms with van der Waals surface area (Å²) < 4.78 is 15.3. The highest BCUT2D eigenvalue weighted by molar-refractivity contribution is 7.71. The molecular weight excluding hydrogens is 387 g/mol. The normalized spacial score (nSPS) is 19.0. The molecule has 28 heavy (non-hydrogen) atoms. The molecule has 0 spiro atoms. The Kier molecular flexibility index (Phi) is 5.27. The largest absolute Gasteiger partial charge is 0.347 e. The average molecular weight is 406 g/mol. The summed E-state index contributed by atoms with van der Waals surface area (Å²) in [5.74, 6) is -1.03. The molecule has 11 heteroatoms. The summed E-state index contributed by atoms with van der Waals surface area (Å²) in [7, 11) is 0. The Morgan fingerprint density at radius 3 is 2.64 bits per heavy atom. The lowest BCUT2D eigenvalue weighted by atomic mass is 9.92. The molecule has 9 nitrogen and oxygen atoms in total. The maximum Gasteiger partial charge on any atom is 0.325 e. The minimum Gasteiger partial charge on any atom is -0.347 e. The van der Waals surface area contributed by atoms with Gasteiger partial charge in [0.15, 0.2) is 10.6 Å². The van der Waals surface area contributed by atoms with E-state index in [-0.39, 0.29) is 6.54 Å². The highest BCUT2D eigenvalue weighted by Gasteiger charge is 2.49. The van der Waals surface area contributed by atoms with E-state index in [1.165, 1.54) is 31.2 Å². The van der Waals surface area contributed by atoms with Crippen molar-refractivity contribution in [2.75, 3.05) is 6.54 Å². The molecule has 2 heterocycles. The predicted octanol–water partition coefficient (Wildman–Crippen LogP) is 1.18. The Bertz CT molecular complexity index is 986. The Morgan fingerprint density at radius 1 is 1.32 bits per heavy atom. The van der Waals surface area contributed by atoms with Gasteiger partial charge in [0.1, 0.15) is 17.9 Å². The second-order valence-corrected chi connectivity index (χ2v) is 6.81. The number of H-pyrrole nitrogens is 1. The summed E-state index contributed by atoms with van der Waals surface area (Å²) in [5, 5.41) is 11.9. The van der Waals surface area contributed by atoms with Crippen LogP contribution in [0.5, 0.6) is 0 Å². The number of hydrogen-bond donors (Lipinski definition) is 3. The van der Waals surface area contributed by atoms with E-state index in [0.717, 1.165) is 4.90 Å². The van der Waals surface area contributed by atoms with E-state index in [0.29, 0.717) is 22.7 Å². The molecule has 0 saturated carbocycles. The molecule has 0 radical (unpaired) electrons. The molecule has 1 aromatic carbocycles. The molecule has 1 unspecified atom stereocenters. The molecule has 1 atom stereocenters. The molecule has 0 bridgehead atoms. The van der Waals surface area contributed by atoms with Crippen molar-refractivity contribution in [3.63, 3.8) is 0 Å². The minimum atomic E-state index is -1.37. The van der Waals surface area contributed by atoms with Crippen molar-refractivity contribution in [2.45, 2.75) is 32.5 Å². The highest BCUT2D eigenvalue weighted by Crippen LogP contribution is 2.28. The van der Waals surface area contributed by atoms with Gasteiger partial charge >= 0.3 is 6.03 Å². The first-order valence-electron chi connectivity index (χ1n) is 8.57. The van der Waals surface area contributed by atoms with Crippen LogP contribution in [0.4, 0.5) is 9.18 Å². The van der Waals surface area contributed by atoms with Crippen LogP contribution in [0.2, 0.25) is 0 Å². The van der Waals surface area contributed by atoms with Crippen molar-refractivity contribution in [3.8, 4) is 0 Å². The molecule has 4 amide bonds. The Hall–Kier alpha value is -3.08. The summed E-state index contributed by atoms with van der Waals surface area (Å²) in [5.41, 5.74) is -0.941. The van der Waals surface area contributed by atoms with Gasteiger partial charge in [0, 0.05) is 6.54 Å². The first kappa shape index (κ1) is 19.7. The first-order chi connectivity index (χ1) is 13.3. The topological polar surface area (TPSA) is 112 Å². The summed E-state index contributed by atoms with van der Waals surface area (Å²) in [6, 6.07) is 4.56. The number of aromatic amines is 1. The third kappa shape index (κ3) is 3.52. The smallest absolute Gasteiger partial charge is 0.325 e. The van der Waals surface area contributed by atoms with Crippen LogP contribution in [0, 0.1) is 10.6 Å². The van der Waals surface area contributed by atoms with E-state index in [1.807, 2.05) is 6.92 Å². The maximum absolute atomic E-state index is 13.2. The number of imide groups is 1. The number of hydrogen-bond acceptors (Lipinski definition) is 5. The van der Waals surface area contributed by atoms with Crippen LogP contribution in [-0.2, 0) is 28.2 Å². The molecule has 1 aromatic heterocycles. The molecule has 0 aliphatic carbocycles. The fourth-order valence-corrected chi connectivity index (χ4v) is 3.29. The minimum absolute atomic E-state index is 0.0959. The molecule has 148 valence electrons. The molecule has 3 rings (SSSR count). The van der Waals surface area contributed by atoms with Gasteiger partial charge in [-0.15, -0.1) is 0 Å². The number of nitrogens with one attached hydrogen (secondary N) is 3. The van der Waals surface area contributed by atoms with Gasteiger partial charge in [0.05, 0.1) is 6.54 Å². The lowest BCUT2D eigenvalue weighted by molar-refractivity contribution is -0.134. The van der Waals surface area contributed by atoms with Crippen LogP contribution in [0.25, 0.3) is 0 Å². The van der Waals surface area contributed by atoms with Crippen molar-refractivity contribution in [1.82, 2.24) is 30.3 Å². The third-order valence-electron chi connectivity index (χ3n) is 4.60. The van der Waals surface area contributed by atoms with Gasteiger partial charge in [-0.05, 0) is 43.8 Å². The number of halogens is 1.